The highest BCUT2D eigenvalue weighted by Crippen LogP contribution is 2.27. The van der Waals surface area contributed by atoms with Crippen LogP contribution in [0.3, 0.4) is 0 Å². The highest BCUT2D eigenvalue weighted by atomic mass is 16.3. The number of rotatable bonds is 3. The summed E-state index contributed by atoms with van der Waals surface area (Å²) in [5.74, 6) is 0. The second kappa shape index (κ2) is 5.30. The van der Waals surface area contributed by atoms with E-state index in [4.69, 9.17) is 4.42 Å². The molecule has 3 rings (SSSR count). The number of nitrogens with zero attached hydrogens (tertiary/aromatic N) is 1. The van der Waals surface area contributed by atoms with Gasteiger partial charge < -0.3 is 9.32 Å². The van der Waals surface area contributed by atoms with E-state index in [2.05, 4.69) is 41.3 Å². The average Bonchev–Trinajstić information content (AvgIpc) is 2.94. The van der Waals surface area contributed by atoms with Crippen LogP contribution in [-0.4, -0.2) is 12.6 Å². The van der Waals surface area contributed by atoms with Crippen molar-refractivity contribution in [1.29, 1.82) is 0 Å². The Kier molecular flexibility index (Phi) is 3.35. The lowest BCUT2D eigenvalue weighted by atomic mass is 9.95. The molecule has 2 aromatic rings. The maximum Gasteiger partial charge on any atom is 0.114 e. The molecule has 1 fully saturated rings. The van der Waals surface area contributed by atoms with Gasteiger partial charge in [0, 0.05) is 12.6 Å². The average molecular weight is 241 g/mol. The Morgan fingerprint density at radius 3 is 2.78 bits per heavy atom. The lowest BCUT2D eigenvalue weighted by Gasteiger charge is -2.36. The highest BCUT2D eigenvalue weighted by Gasteiger charge is 2.23. The molecule has 2 nitrogen and oxygen atoms in total. The fraction of sp³-hybridized carbons (Fsp3) is 0.375. The van der Waals surface area contributed by atoms with Crippen molar-refractivity contribution < 1.29 is 4.42 Å². The van der Waals surface area contributed by atoms with E-state index in [9.17, 15) is 0 Å². The Bertz CT molecular complexity index is 463. The molecule has 1 unspecified atom stereocenters. The van der Waals surface area contributed by atoms with Gasteiger partial charge in [0.1, 0.15) is 6.26 Å². The summed E-state index contributed by atoms with van der Waals surface area (Å²) < 4.78 is 5.22. The van der Waals surface area contributed by atoms with Crippen molar-refractivity contribution in [3.8, 4) is 0 Å². The lowest BCUT2D eigenvalue weighted by molar-refractivity contribution is 0.455. The quantitative estimate of drug-likeness (QED) is 0.810. The third-order valence-corrected chi connectivity index (χ3v) is 3.78. The summed E-state index contributed by atoms with van der Waals surface area (Å²) in [6.07, 6.45) is 8.67. The normalized spacial score (nSPS) is 20.0. The summed E-state index contributed by atoms with van der Waals surface area (Å²) in [6.45, 7) is 1.15. The van der Waals surface area contributed by atoms with Crippen LogP contribution < -0.4 is 4.90 Å². The summed E-state index contributed by atoms with van der Waals surface area (Å²) >= 11 is 0. The first-order chi connectivity index (χ1) is 8.93. The Labute approximate surface area is 108 Å². The van der Waals surface area contributed by atoms with Gasteiger partial charge in [0.05, 0.1) is 12.0 Å². The van der Waals surface area contributed by atoms with Gasteiger partial charge in [0.25, 0.3) is 0 Å². The number of anilines is 1. The molecule has 0 aliphatic carbocycles. The number of hydrogen-bond donors (Lipinski definition) is 0. The third kappa shape index (κ3) is 2.42. The molecular formula is C16H19NO. The predicted molar refractivity (Wildman–Crippen MR) is 73.8 cm³/mol. The predicted octanol–water partition coefficient (Wildman–Crippen LogP) is 3.88. The largest absolute Gasteiger partial charge is 0.470 e. The Hall–Kier alpha value is -1.70. The zero-order valence-electron chi connectivity index (χ0n) is 10.6. The van der Waals surface area contributed by atoms with Gasteiger partial charge in [-0.15, -0.1) is 0 Å². The van der Waals surface area contributed by atoms with Crippen LogP contribution in [0.25, 0.3) is 0 Å². The van der Waals surface area contributed by atoms with E-state index in [1.807, 2.05) is 6.26 Å². The summed E-state index contributed by atoms with van der Waals surface area (Å²) in [5.41, 5.74) is 2.66. The van der Waals surface area contributed by atoms with E-state index >= 15 is 0 Å². The van der Waals surface area contributed by atoms with Gasteiger partial charge in [-0.1, -0.05) is 30.3 Å². The van der Waals surface area contributed by atoms with Gasteiger partial charge >= 0.3 is 0 Å². The van der Waals surface area contributed by atoms with Crippen LogP contribution in [0.4, 0.5) is 5.69 Å². The highest BCUT2D eigenvalue weighted by molar-refractivity contribution is 5.45. The Morgan fingerprint density at radius 1 is 1.11 bits per heavy atom. The van der Waals surface area contributed by atoms with Crippen molar-refractivity contribution >= 4 is 5.69 Å². The summed E-state index contributed by atoms with van der Waals surface area (Å²) in [7, 11) is 0. The van der Waals surface area contributed by atoms with Crippen LogP contribution in [0.1, 0.15) is 24.8 Å². The first-order valence-corrected chi connectivity index (χ1v) is 6.76. The van der Waals surface area contributed by atoms with Gasteiger partial charge in [-0.25, -0.2) is 0 Å². The molecule has 0 amide bonds. The molecule has 0 spiro atoms. The Morgan fingerprint density at radius 2 is 2.00 bits per heavy atom. The second-order valence-electron chi connectivity index (χ2n) is 5.01. The zero-order valence-corrected chi connectivity index (χ0v) is 10.6. The molecule has 0 saturated carbocycles. The third-order valence-electron chi connectivity index (χ3n) is 3.78. The summed E-state index contributed by atoms with van der Waals surface area (Å²) in [5, 5.41) is 0. The maximum atomic E-state index is 5.22. The van der Waals surface area contributed by atoms with Crippen molar-refractivity contribution in [2.45, 2.75) is 31.7 Å². The van der Waals surface area contributed by atoms with Gasteiger partial charge in [-0.3, -0.25) is 0 Å². The molecule has 0 N–H and O–H groups in total. The number of piperidine rings is 1. The SMILES string of the molecule is c1ccc(CC2CCCCN2c2ccoc2)cc1. The van der Waals surface area contributed by atoms with Crippen LogP contribution in [-0.2, 0) is 6.42 Å². The maximum absolute atomic E-state index is 5.22. The van der Waals surface area contributed by atoms with Crippen molar-refractivity contribution in [1.82, 2.24) is 0 Å². The van der Waals surface area contributed by atoms with Crippen LogP contribution in [0.5, 0.6) is 0 Å². The molecular weight excluding hydrogens is 222 g/mol. The van der Waals surface area contributed by atoms with Crippen molar-refractivity contribution in [3.05, 3.63) is 54.5 Å². The van der Waals surface area contributed by atoms with E-state index in [-0.39, 0.29) is 0 Å². The fourth-order valence-corrected chi connectivity index (χ4v) is 2.86. The molecule has 1 atom stereocenters. The molecule has 1 aromatic heterocycles. The molecule has 0 bridgehead atoms. The minimum Gasteiger partial charge on any atom is -0.470 e. The standard InChI is InChI=1S/C16H19NO/c1-2-6-14(7-3-1)12-15-8-4-5-10-17(15)16-9-11-18-13-16/h1-3,6-7,9,11,13,15H,4-5,8,10,12H2. The molecule has 18 heavy (non-hydrogen) atoms. The Balaban J connectivity index is 1.76. The van der Waals surface area contributed by atoms with E-state index in [0.717, 1.165) is 13.0 Å². The first kappa shape index (κ1) is 11.4. The van der Waals surface area contributed by atoms with Crippen LogP contribution in [0.2, 0.25) is 0 Å². The van der Waals surface area contributed by atoms with Crippen LogP contribution in [0, 0.1) is 0 Å². The molecule has 94 valence electrons. The zero-order chi connectivity index (χ0) is 12.2. The molecule has 0 radical (unpaired) electrons. The van der Waals surface area contributed by atoms with Crippen LogP contribution in [0.15, 0.2) is 53.3 Å². The summed E-state index contributed by atoms with van der Waals surface area (Å²) in [6, 6.07) is 13.5. The van der Waals surface area contributed by atoms with E-state index in [1.165, 1.54) is 30.5 Å². The van der Waals surface area contributed by atoms with Crippen molar-refractivity contribution in [3.63, 3.8) is 0 Å². The van der Waals surface area contributed by atoms with Crippen molar-refractivity contribution in [2.24, 2.45) is 0 Å². The smallest absolute Gasteiger partial charge is 0.114 e. The molecule has 1 aliphatic heterocycles. The molecule has 1 aromatic carbocycles. The number of furan rings is 1. The minimum absolute atomic E-state index is 0.610. The fourth-order valence-electron chi connectivity index (χ4n) is 2.86. The van der Waals surface area contributed by atoms with Crippen LogP contribution >= 0.6 is 0 Å². The van der Waals surface area contributed by atoms with Crippen molar-refractivity contribution in [2.75, 3.05) is 11.4 Å². The van der Waals surface area contributed by atoms with Gasteiger partial charge in [-0.2, -0.15) is 0 Å². The van der Waals surface area contributed by atoms with Gasteiger partial charge in [-0.05, 0) is 37.3 Å². The lowest BCUT2D eigenvalue weighted by Crippen LogP contribution is -2.40. The van der Waals surface area contributed by atoms with E-state index in [0.29, 0.717) is 6.04 Å². The minimum atomic E-state index is 0.610. The van der Waals surface area contributed by atoms with E-state index in [1.54, 1.807) is 6.26 Å². The molecule has 1 saturated heterocycles. The topological polar surface area (TPSA) is 16.4 Å². The van der Waals surface area contributed by atoms with E-state index < -0.39 is 0 Å². The number of benzene rings is 1. The molecule has 2 heterocycles. The van der Waals surface area contributed by atoms with Gasteiger partial charge in [0.15, 0.2) is 0 Å². The molecule has 1 aliphatic rings. The monoisotopic (exact) mass is 241 g/mol. The second-order valence-corrected chi connectivity index (χ2v) is 5.01. The molecule has 2 heteroatoms. The number of hydrogen-bond acceptors (Lipinski definition) is 2. The summed E-state index contributed by atoms with van der Waals surface area (Å²) in [4.78, 5) is 2.50. The van der Waals surface area contributed by atoms with Gasteiger partial charge in [0.2, 0.25) is 0 Å². The first-order valence-electron chi connectivity index (χ1n) is 6.76.